The highest BCUT2D eigenvalue weighted by Crippen LogP contribution is 2.42. The van der Waals surface area contributed by atoms with Gasteiger partial charge in [0.25, 0.3) is 0 Å². The fraction of sp³-hybridized carbons (Fsp3) is 0.130. The van der Waals surface area contributed by atoms with Gasteiger partial charge in [0, 0.05) is 10.9 Å². The molecule has 0 atom stereocenters. The molecule has 0 unspecified atom stereocenters. The summed E-state index contributed by atoms with van der Waals surface area (Å²) in [5.74, 6) is 0.615. The summed E-state index contributed by atoms with van der Waals surface area (Å²) in [5, 5.41) is 0.677. The van der Waals surface area contributed by atoms with Crippen LogP contribution in [0, 0.1) is 0 Å². The van der Waals surface area contributed by atoms with E-state index < -0.39 is 11.7 Å². The molecule has 0 amide bonds. The summed E-state index contributed by atoms with van der Waals surface area (Å²) < 4.78 is 48.1. The average Bonchev–Trinajstić information content (AvgIpc) is 2.71. The van der Waals surface area contributed by atoms with Crippen LogP contribution in [0.4, 0.5) is 13.2 Å². The minimum absolute atomic E-state index is 0.133. The maximum atomic E-state index is 14.2. The summed E-state index contributed by atoms with van der Waals surface area (Å²) in [6.45, 7) is 0.485. The third-order valence-corrected chi connectivity index (χ3v) is 4.47. The standard InChI is InChI=1S/C23H18BrF3O/c24-15-16-28-20-13-11-18(12-14-20)21(17-7-3-1-4-8-17)22(23(25,26)27)19-9-5-2-6-10-19/h1-14H,15-16H2/b22-21+. The number of rotatable bonds is 6. The van der Waals surface area contributed by atoms with Crippen LogP contribution in [0.1, 0.15) is 16.7 Å². The number of allylic oxidation sites excluding steroid dienone is 1. The molecule has 0 aliphatic heterocycles. The van der Waals surface area contributed by atoms with Gasteiger partial charge in [0.2, 0.25) is 0 Å². The van der Waals surface area contributed by atoms with Gasteiger partial charge in [-0.1, -0.05) is 88.7 Å². The van der Waals surface area contributed by atoms with E-state index >= 15 is 0 Å². The van der Waals surface area contributed by atoms with Gasteiger partial charge in [-0.25, -0.2) is 0 Å². The molecular weight excluding hydrogens is 429 g/mol. The van der Waals surface area contributed by atoms with Crippen molar-refractivity contribution in [3.05, 3.63) is 102 Å². The van der Waals surface area contributed by atoms with Crippen molar-refractivity contribution in [2.24, 2.45) is 0 Å². The lowest BCUT2D eigenvalue weighted by molar-refractivity contribution is -0.0685. The molecule has 0 spiro atoms. The zero-order valence-electron chi connectivity index (χ0n) is 14.9. The Morgan fingerprint density at radius 2 is 1.21 bits per heavy atom. The molecule has 3 rings (SSSR count). The number of hydrogen-bond acceptors (Lipinski definition) is 1. The van der Waals surface area contributed by atoms with Gasteiger partial charge in [0.1, 0.15) is 5.75 Å². The van der Waals surface area contributed by atoms with Gasteiger partial charge >= 0.3 is 6.18 Å². The van der Waals surface area contributed by atoms with E-state index in [1.54, 1.807) is 72.8 Å². The Hall–Kier alpha value is -2.53. The Kier molecular flexibility index (Phi) is 6.57. The molecule has 0 radical (unpaired) electrons. The van der Waals surface area contributed by atoms with Crippen LogP contribution in [0.25, 0.3) is 11.1 Å². The van der Waals surface area contributed by atoms with Gasteiger partial charge in [-0.3, -0.25) is 0 Å². The van der Waals surface area contributed by atoms with Gasteiger partial charge in [-0.2, -0.15) is 13.2 Å². The molecule has 0 aliphatic carbocycles. The van der Waals surface area contributed by atoms with Gasteiger partial charge in [0.15, 0.2) is 0 Å². The third-order valence-electron chi connectivity index (χ3n) is 4.15. The first-order valence-electron chi connectivity index (χ1n) is 8.72. The Bertz CT molecular complexity index is 918. The van der Waals surface area contributed by atoms with Crippen molar-refractivity contribution in [1.29, 1.82) is 0 Å². The van der Waals surface area contributed by atoms with Crippen molar-refractivity contribution >= 4 is 27.1 Å². The smallest absolute Gasteiger partial charge is 0.417 e. The van der Waals surface area contributed by atoms with E-state index in [1.165, 1.54) is 12.1 Å². The highest BCUT2D eigenvalue weighted by molar-refractivity contribution is 9.09. The summed E-state index contributed by atoms with van der Waals surface area (Å²) in [6.07, 6.45) is -4.52. The molecule has 28 heavy (non-hydrogen) atoms. The monoisotopic (exact) mass is 446 g/mol. The maximum absolute atomic E-state index is 14.2. The summed E-state index contributed by atoms with van der Waals surface area (Å²) in [7, 11) is 0. The van der Waals surface area contributed by atoms with Crippen LogP contribution in [-0.2, 0) is 0 Å². The zero-order valence-corrected chi connectivity index (χ0v) is 16.5. The molecule has 0 aromatic heterocycles. The van der Waals surface area contributed by atoms with E-state index in [4.69, 9.17) is 4.74 Å². The Labute approximate surface area is 170 Å². The third kappa shape index (κ3) is 4.84. The zero-order chi connectivity index (χ0) is 20.0. The average molecular weight is 447 g/mol. The second kappa shape index (κ2) is 9.11. The lowest BCUT2D eigenvalue weighted by atomic mass is 9.89. The van der Waals surface area contributed by atoms with E-state index in [2.05, 4.69) is 15.9 Å². The molecular formula is C23H18BrF3O. The topological polar surface area (TPSA) is 9.23 Å². The molecule has 0 saturated heterocycles. The van der Waals surface area contributed by atoms with E-state index in [9.17, 15) is 13.2 Å². The maximum Gasteiger partial charge on any atom is 0.417 e. The molecule has 0 heterocycles. The SMILES string of the molecule is FC(F)(F)/C(=C(\c1ccccc1)c1ccc(OCCBr)cc1)c1ccccc1. The van der Waals surface area contributed by atoms with E-state index in [-0.39, 0.29) is 11.1 Å². The molecule has 5 heteroatoms. The Morgan fingerprint density at radius 3 is 1.71 bits per heavy atom. The second-order valence-corrected chi connectivity index (χ2v) is 6.83. The predicted molar refractivity (Wildman–Crippen MR) is 111 cm³/mol. The van der Waals surface area contributed by atoms with Crippen LogP contribution in [-0.4, -0.2) is 18.1 Å². The van der Waals surface area contributed by atoms with Crippen LogP contribution in [0.15, 0.2) is 84.9 Å². The first-order chi connectivity index (χ1) is 13.5. The van der Waals surface area contributed by atoms with Crippen LogP contribution < -0.4 is 4.74 Å². The minimum atomic E-state index is -4.52. The van der Waals surface area contributed by atoms with Crippen molar-refractivity contribution in [1.82, 2.24) is 0 Å². The van der Waals surface area contributed by atoms with Gasteiger partial charge < -0.3 is 4.74 Å². The van der Waals surface area contributed by atoms with Gasteiger partial charge in [-0.05, 0) is 28.8 Å². The number of ether oxygens (including phenoxy) is 1. The van der Waals surface area contributed by atoms with Crippen molar-refractivity contribution in [2.45, 2.75) is 6.18 Å². The first-order valence-corrected chi connectivity index (χ1v) is 9.84. The second-order valence-electron chi connectivity index (χ2n) is 6.04. The summed E-state index contributed by atoms with van der Waals surface area (Å²) in [6, 6.07) is 23.3. The van der Waals surface area contributed by atoms with Crippen molar-refractivity contribution < 1.29 is 17.9 Å². The van der Waals surface area contributed by atoms with Crippen LogP contribution >= 0.6 is 15.9 Å². The summed E-state index contributed by atoms with van der Waals surface area (Å²) >= 11 is 3.28. The van der Waals surface area contributed by atoms with Crippen molar-refractivity contribution in [2.75, 3.05) is 11.9 Å². The predicted octanol–water partition coefficient (Wildman–Crippen LogP) is 6.98. The lowest BCUT2D eigenvalue weighted by Crippen LogP contribution is -2.14. The molecule has 0 N–H and O–H groups in total. The molecule has 0 saturated carbocycles. The summed E-state index contributed by atoms with van der Waals surface area (Å²) in [5.41, 5.74) is 0.606. The normalized spacial score (nSPS) is 12.4. The van der Waals surface area contributed by atoms with Gasteiger partial charge in [0.05, 0.1) is 12.2 Å². The van der Waals surface area contributed by atoms with Crippen LogP contribution in [0.3, 0.4) is 0 Å². The van der Waals surface area contributed by atoms with E-state index in [0.717, 1.165) is 0 Å². The first kappa shape index (κ1) is 20.2. The molecule has 144 valence electrons. The van der Waals surface area contributed by atoms with Crippen LogP contribution in [0.2, 0.25) is 0 Å². The number of alkyl halides is 4. The molecule has 3 aromatic rings. The Morgan fingerprint density at radius 1 is 0.714 bits per heavy atom. The largest absolute Gasteiger partial charge is 0.493 e. The van der Waals surface area contributed by atoms with Crippen molar-refractivity contribution in [3.8, 4) is 5.75 Å². The quantitative estimate of drug-likeness (QED) is 0.293. The molecule has 0 bridgehead atoms. The van der Waals surface area contributed by atoms with E-state index in [0.29, 0.717) is 28.8 Å². The number of benzene rings is 3. The lowest BCUT2D eigenvalue weighted by Gasteiger charge is -2.20. The molecule has 0 aliphatic rings. The van der Waals surface area contributed by atoms with Crippen molar-refractivity contribution in [3.63, 3.8) is 0 Å². The highest BCUT2D eigenvalue weighted by atomic mass is 79.9. The van der Waals surface area contributed by atoms with E-state index in [1.807, 2.05) is 0 Å². The fourth-order valence-corrected chi connectivity index (χ4v) is 3.15. The fourth-order valence-electron chi connectivity index (χ4n) is 2.99. The van der Waals surface area contributed by atoms with Crippen LogP contribution in [0.5, 0.6) is 5.75 Å². The molecule has 3 aromatic carbocycles. The number of hydrogen-bond donors (Lipinski definition) is 0. The molecule has 0 fully saturated rings. The molecule has 1 nitrogen and oxygen atoms in total. The number of halogens is 4. The Balaban J connectivity index is 2.22. The van der Waals surface area contributed by atoms with Gasteiger partial charge in [-0.15, -0.1) is 0 Å². The summed E-state index contributed by atoms with van der Waals surface area (Å²) in [4.78, 5) is 0. The minimum Gasteiger partial charge on any atom is -0.493 e. The highest BCUT2D eigenvalue weighted by Gasteiger charge is 2.38.